The Hall–Kier alpha value is -2.50. The van der Waals surface area contributed by atoms with Gasteiger partial charge in [0.1, 0.15) is 5.82 Å². The van der Waals surface area contributed by atoms with Crippen LogP contribution in [0.5, 0.6) is 0 Å². The van der Waals surface area contributed by atoms with Crippen LogP contribution in [0.2, 0.25) is 0 Å². The van der Waals surface area contributed by atoms with E-state index in [9.17, 15) is 13.2 Å². The van der Waals surface area contributed by atoms with Crippen molar-refractivity contribution in [3.63, 3.8) is 0 Å². The van der Waals surface area contributed by atoms with E-state index in [0.717, 1.165) is 23.3 Å². The van der Waals surface area contributed by atoms with E-state index in [1.165, 1.54) is 6.07 Å². The van der Waals surface area contributed by atoms with E-state index in [0.29, 0.717) is 22.5 Å². The quantitative estimate of drug-likeness (QED) is 0.662. The Morgan fingerprint density at radius 2 is 1.86 bits per heavy atom. The van der Waals surface area contributed by atoms with Crippen LogP contribution in [-0.2, 0) is 6.18 Å². The average Bonchev–Trinajstić information content (AvgIpc) is 2.83. The van der Waals surface area contributed by atoms with Crippen LogP contribution in [0.3, 0.4) is 0 Å². The van der Waals surface area contributed by atoms with Gasteiger partial charge in [0.05, 0.1) is 16.6 Å². The minimum atomic E-state index is -4.37. The number of nitrogens with one attached hydrogen (secondary N) is 1. The van der Waals surface area contributed by atoms with Crippen LogP contribution >= 0.6 is 0 Å². The fourth-order valence-electron chi connectivity index (χ4n) is 2.11. The first-order valence-corrected chi connectivity index (χ1v) is 6.28. The minimum Gasteiger partial charge on any atom is -0.398 e. The number of imidazole rings is 1. The maximum absolute atomic E-state index is 12.7. The molecule has 3 N–H and O–H groups in total. The number of nitrogens with zero attached hydrogens (tertiary/aromatic N) is 1. The first kappa shape index (κ1) is 13.5. The molecule has 21 heavy (non-hydrogen) atoms. The second kappa shape index (κ2) is 4.51. The van der Waals surface area contributed by atoms with E-state index >= 15 is 0 Å². The summed E-state index contributed by atoms with van der Waals surface area (Å²) in [7, 11) is 0. The molecule has 3 aromatic rings. The second-order valence-electron chi connectivity index (χ2n) is 4.89. The highest BCUT2D eigenvalue weighted by Crippen LogP contribution is 2.32. The van der Waals surface area contributed by atoms with Gasteiger partial charge >= 0.3 is 6.18 Å². The molecule has 0 amide bonds. The molecule has 108 valence electrons. The number of nitrogen functional groups attached to an aromatic ring is 1. The van der Waals surface area contributed by atoms with Gasteiger partial charge in [-0.2, -0.15) is 13.2 Å². The molecular formula is C15H12F3N3. The molecule has 2 aromatic carbocycles. The Morgan fingerprint density at radius 1 is 1.10 bits per heavy atom. The molecule has 6 heteroatoms. The molecule has 0 saturated heterocycles. The van der Waals surface area contributed by atoms with Gasteiger partial charge in [-0.15, -0.1) is 0 Å². The Labute approximate surface area is 118 Å². The van der Waals surface area contributed by atoms with Gasteiger partial charge in [0, 0.05) is 11.3 Å². The zero-order chi connectivity index (χ0) is 15.2. The monoisotopic (exact) mass is 291 g/mol. The predicted octanol–water partition coefficient (Wildman–Crippen LogP) is 4.14. The summed E-state index contributed by atoms with van der Waals surface area (Å²) in [5.41, 5.74) is 8.26. The van der Waals surface area contributed by atoms with Gasteiger partial charge in [-0.3, -0.25) is 0 Å². The first-order chi connectivity index (χ1) is 9.84. The molecule has 0 aliphatic rings. The minimum absolute atomic E-state index is 0.346. The van der Waals surface area contributed by atoms with E-state index < -0.39 is 11.7 Å². The fraction of sp³-hybridized carbons (Fsp3) is 0.133. The summed E-state index contributed by atoms with van der Waals surface area (Å²) in [6.07, 6.45) is -4.37. The van der Waals surface area contributed by atoms with Crippen LogP contribution in [0.4, 0.5) is 18.9 Å². The zero-order valence-electron chi connectivity index (χ0n) is 11.1. The molecule has 1 heterocycles. The number of nitrogens with two attached hydrogens (primary N) is 1. The van der Waals surface area contributed by atoms with Crippen LogP contribution in [0.25, 0.3) is 22.4 Å². The number of benzene rings is 2. The van der Waals surface area contributed by atoms with E-state index in [-0.39, 0.29) is 0 Å². The number of aromatic amines is 1. The number of rotatable bonds is 1. The summed E-state index contributed by atoms with van der Waals surface area (Å²) in [5, 5.41) is 0. The van der Waals surface area contributed by atoms with Gasteiger partial charge in [0.15, 0.2) is 0 Å². The summed E-state index contributed by atoms with van der Waals surface area (Å²) in [6, 6.07) is 8.86. The van der Waals surface area contributed by atoms with E-state index in [2.05, 4.69) is 9.97 Å². The third-order valence-corrected chi connectivity index (χ3v) is 3.36. The highest BCUT2D eigenvalue weighted by atomic mass is 19.4. The number of anilines is 1. The smallest absolute Gasteiger partial charge is 0.398 e. The molecule has 1 aromatic heterocycles. The van der Waals surface area contributed by atoms with E-state index in [4.69, 9.17) is 5.73 Å². The van der Waals surface area contributed by atoms with Crippen LogP contribution < -0.4 is 5.73 Å². The van der Waals surface area contributed by atoms with E-state index in [1.807, 2.05) is 19.1 Å². The largest absolute Gasteiger partial charge is 0.416 e. The maximum atomic E-state index is 12.7. The predicted molar refractivity (Wildman–Crippen MR) is 75.7 cm³/mol. The Balaban J connectivity index is 2.10. The van der Waals surface area contributed by atoms with Gasteiger partial charge < -0.3 is 10.7 Å². The van der Waals surface area contributed by atoms with Gasteiger partial charge in [-0.05, 0) is 36.8 Å². The molecule has 0 aliphatic heterocycles. The first-order valence-electron chi connectivity index (χ1n) is 6.28. The molecule has 3 nitrogen and oxygen atoms in total. The van der Waals surface area contributed by atoms with Crippen LogP contribution in [0, 0.1) is 6.92 Å². The van der Waals surface area contributed by atoms with Crippen molar-refractivity contribution in [2.24, 2.45) is 0 Å². The summed E-state index contributed by atoms with van der Waals surface area (Å²) < 4.78 is 38.1. The molecular weight excluding hydrogens is 279 g/mol. The number of aryl methyl sites for hydroxylation is 1. The third-order valence-electron chi connectivity index (χ3n) is 3.36. The fourth-order valence-corrected chi connectivity index (χ4v) is 2.11. The summed E-state index contributed by atoms with van der Waals surface area (Å²) in [6.45, 7) is 1.88. The standard InChI is InChI=1S/C15H12F3N3/c1-8-2-3-9(6-11(8)19)14-20-12-5-4-10(15(16,17)18)7-13(12)21-14/h2-7H,19H2,1H3,(H,20,21). The lowest BCUT2D eigenvalue weighted by Gasteiger charge is -2.05. The SMILES string of the molecule is Cc1ccc(-c2nc3ccc(C(F)(F)F)cc3[nH]2)cc1N. The number of alkyl halides is 3. The number of fused-ring (bicyclic) bond motifs is 1. The molecule has 0 radical (unpaired) electrons. The maximum Gasteiger partial charge on any atom is 0.416 e. The van der Waals surface area contributed by atoms with Gasteiger partial charge in [-0.1, -0.05) is 12.1 Å². The summed E-state index contributed by atoms with van der Waals surface area (Å²) >= 11 is 0. The lowest BCUT2D eigenvalue weighted by molar-refractivity contribution is -0.137. The van der Waals surface area contributed by atoms with E-state index in [1.54, 1.807) is 6.07 Å². The number of hydrogen-bond donors (Lipinski definition) is 2. The Kier molecular flexibility index (Phi) is 2.90. The van der Waals surface area contributed by atoms with Gasteiger partial charge in [-0.25, -0.2) is 4.98 Å². The van der Waals surface area contributed by atoms with Crippen molar-refractivity contribution in [1.82, 2.24) is 9.97 Å². The van der Waals surface area contributed by atoms with Crippen LogP contribution in [-0.4, -0.2) is 9.97 Å². The molecule has 0 aliphatic carbocycles. The number of halogens is 3. The molecule has 3 rings (SSSR count). The van der Waals surface area contributed by atoms with Crippen molar-refractivity contribution in [2.75, 3.05) is 5.73 Å². The van der Waals surface area contributed by atoms with Gasteiger partial charge in [0.2, 0.25) is 0 Å². The lowest BCUT2D eigenvalue weighted by Crippen LogP contribution is -2.04. The molecule has 0 fully saturated rings. The van der Waals surface area contributed by atoms with Gasteiger partial charge in [0.25, 0.3) is 0 Å². The lowest BCUT2D eigenvalue weighted by atomic mass is 10.1. The molecule has 0 bridgehead atoms. The summed E-state index contributed by atoms with van der Waals surface area (Å²) in [5.74, 6) is 0.496. The highest BCUT2D eigenvalue weighted by molar-refractivity contribution is 5.80. The number of hydrogen-bond acceptors (Lipinski definition) is 2. The van der Waals surface area contributed by atoms with Crippen molar-refractivity contribution >= 4 is 16.7 Å². The highest BCUT2D eigenvalue weighted by Gasteiger charge is 2.30. The van der Waals surface area contributed by atoms with Crippen molar-refractivity contribution in [3.8, 4) is 11.4 Å². The van der Waals surface area contributed by atoms with Crippen molar-refractivity contribution in [3.05, 3.63) is 47.5 Å². The zero-order valence-corrected chi connectivity index (χ0v) is 11.1. The summed E-state index contributed by atoms with van der Waals surface area (Å²) in [4.78, 5) is 7.20. The molecule has 0 unspecified atom stereocenters. The van der Waals surface area contributed by atoms with Crippen molar-refractivity contribution in [1.29, 1.82) is 0 Å². The third kappa shape index (κ3) is 2.44. The Morgan fingerprint density at radius 3 is 2.52 bits per heavy atom. The normalized spacial score (nSPS) is 12.0. The number of H-pyrrole nitrogens is 1. The second-order valence-corrected chi connectivity index (χ2v) is 4.89. The topological polar surface area (TPSA) is 54.7 Å². The molecule has 0 saturated carbocycles. The average molecular weight is 291 g/mol. The number of aromatic nitrogens is 2. The van der Waals surface area contributed by atoms with Crippen molar-refractivity contribution < 1.29 is 13.2 Å². The van der Waals surface area contributed by atoms with Crippen LogP contribution in [0.15, 0.2) is 36.4 Å². The van der Waals surface area contributed by atoms with Crippen LogP contribution in [0.1, 0.15) is 11.1 Å². The molecule has 0 spiro atoms. The van der Waals surface area contributed by atoms with Crippen molar-refractivity contribution in [2.45, 2.75) is 13.1 Å². The Bertz CT molecular complexity index is 819. The molecule has 0 atom stereocenters.